The standard InChI is InChI=1S/C13H17FO3/c1-3-4-9(2)8-17-10-5-6-11(13(15)16)12(14)7-10/h5-7,9H,3-4,8H2,1-2H3,(H,15,16). The third-order valence-electron chi connectivity index (χ3n) is 2.49. The van der Waals surface area contributed by atoms with Crippen molar-refractivity contribution in [2.75, 3.05) is 6.61 Å². The molecule has 1 aromatic rings. The number of ether oxygens (including phenoxy) is 1. The molecule has 0 amide bonds. The summed E-state index contributed by atoms with van der Waals surface area (Å²) < 4.78 is 18.7. The molecule has 1 rings (SSSR count). The van der Waals surface area contributed by atoms with E-state index in [9.17, 15) is 9.18 Å². The smallest absolute Gasteiger partial charge is 0.338 e. The maximum atomic E-state index is 13.3. The Kier molecular flexibility index (Phi) is 4.94. The maximum Gasteiger partial charge on any atom is 0.338 e. The second-order valence-electron chi connectivity index (χ2n) is 4.15. The van der Waals surface area contributed by atoms with Crippen molar-refractivity contribution in [1.29, 1.82) is 0 Å². The van der Waals surface area contributed by atoms with Crippen LogP contribution in [-0.4, -0.2) is 17.7 Å². The Labute approximate surface area is 100 Å². The molecule has 94 valence electrons. The molecule has 1 unspecified atom stereocenters. The van der Waals surface area contributed by atoms with Gasteiger partial charge >= 0.3 is 5.97 Å². The Morgan fingerprint density at radius 3 is 2.76 bits per heavy atom. The number of carbonyl (C=O) groups is 1. The molecule has 1 aromatic carbocycles. The van der Waals surface area contributed by atoms with Crippen LogP contribution < -0.4 is 4.74 Å². The summed E-state index contributed by atoms with van der Waals surface area (Å²) in [6.07, 6.45) is 2.13. The van der Waals surface area contributed by atoms with Gasteiger partial charge in [0.25, 0.3) is 0 Å². The van der Waals surface area contributed by atoms with Crippen molar-refractivity contribution in [1.82, 2.24) is 0 Å². The summed E-state index contributed by atoms with van der Waals surface area (Å²) in [5, 5.41) is 8.66. The zero-order chi connectivity index (χ0) is 12.8. The topological polar surface area (TPSA) is 46.5 Å². The van der Waals surface area contributed by atoms with Crippen LogP contribution in [-0.2, 0) is 0 Å². The highest BCUT2D eigenvalue weighted by atomic mass is 19.1. The summed E-state index contributed by atoms with van der Waals surface area (Å²) in [4.78, 5) is 10.6. The lowest BCUT2D eigenvalue weighted by Crippen LogP contribution is -2.09. The van der Waals surface area contributed by atoms with Crippen LogP contribution >= 0.6 is 0 Å². The monoisotopic (exact) mass is 240 g/mol. The van der Waals surface area contributed by atoms with Crippen molar-refractivity contribution in [2.24, 2.45) is 5.92 Å². The normalized spacial score (nSPS) is 12.2. The lowest BCUT2D eigenvalue weighted by molar-refractivity contribution is 0.0692. The number of hydrogen-bond donors (Lipinski definition) is 1. The molecule has 0 aliphatic rings. The van der Waals surface area contributed by atoms with Gasteiger partial charge in [-0.3, -0.25) is 0 Å². The molecule has 4 heteroatoms. The Morgan fingerprint density at radius 2 is 2.24 bits per heavy atom. The molecule has 0 spiro atoms. The van der Waals surface area contributed by atoms with Crippen LogP contribution in [0.2, 0.25) is 0 Å². The molecule has 0 saturated carbocycles. The van der Waals surface area contributed by atoms with E-state index in [1.165, 1.54) is 12.1 Å². The maximum absolute atomic E-state index is 13.3. The first kappa shape index (κ1) is 13.5. The van der Waals surface area contributed by atoms with Crippen LogP contribution in [0, 0.1) is 11.7 Å². The van der Waals surface area contributed by atoms with E-state index in [-0.39, 0.29) is 5.56 Å². The molecule has 0 heterocycles. The molecule has 3 nitrogen and oxygen atoms in total. The fourth-order valence-electron chi connectivity index (χ4n) is 1.57. The van der Waals surface area contributed by atoms with Crippen molar-refractivity contribution < 1.29 is 19.0 Å². The van der Waals surface area contributed by atoms with E-state index in [1.807, 2.05) is 0 Å². The van der Waals surface area contributed by atoms with Crippen LogP contribution in [0.4, 0.5) is 4.39 Å². The van der Waals surface area contributed by atoms with E-state index in [2.05, 4.69) is 13.8 Å². The minimum atomic E-state index is -1.27. The van der Waals surface area contributed by atoms with E-state index in [0.29, 0.717) is 18.3 Å². The lowest BCUT2D eigenvalue weighted by Gasteiger charge is -2.12. The predicted molar refractivity (Wildman–Crippen MR) is 62.9 cm³/mol. The third-order valence-corrected chi connectivity index (χ3v) is 2.49. The first-order valence-corrected chi connectivity index (χ1v) is 5.70. The van der Waals surface area contributed by atoms with Gasteiger partial charge in [0.05, 0.1) is 12.2 Å². The summed E-state index contributed by atoms with van der Waals surface area (Å²) in [6.45, 7) is 4.67. The van der Waals surface area contributed by atoms with Gasteiger partial charge in [-0.05, 0) is 24.5 Å². The Bertz CT molecular complexity index is 390. The van der Waals surface area contributed by atoms with Gasteiger partial charge in [-0.15, -0.1) is 0 Å². The Balaban J connectivity index is 2.62. The summed E-state index contributed by atoms with van der Waals surface area (Å²) in [5.41, 5.74) is -0.334. The molecule has 1 atom stereocenters. The van der Waals surface area contributed by atoms with Gasteiger partial charge in [0, 0.05) is 6.07 Å². The van der Waals surface area contributed by atoms with Crippen LogP contribution in [0.1, 0.15) is 37.0 Å². The first-order valence-electron chi connectivity index (χ1n) is 5.70. The van der Waals surface area contributed by atoms with Crippen molar-refractivity contribution in [2.45, 2.75) is 26.7 Å². The largest absolute Gasteiger partial charge is 0.493 e. The molecule has 0 aromatic heterocycles. The fraction of sp³-hybridized carbons (Fsp3) is 0.462. The van der Waals surface area contributed by atoms with Gasteiger partial charge in [0.15, 0.2) is 0 Å². The number of rotatable bonds is 6. The van der Waals surface area contributed by atoms with Crippen molar-refractivity contribution >= 4 is 5.97 Å². The van der Waals surface area contributed by atoms with Gasteiger partial charge in [-0.1, -0.05) is 20.3 Å². The van der Waals surface area contributed by atoms with Crippen LogP contribution in [0.25, 0.3) is 0 Å². The molecule has 0 aliphatic heterocycles. The van der Waals surface area contributed by atoms with Gasteiger partial charge < -0.3 is 9.84 Å². The molecule has 0 bridgehead atoms. The van der Waals surface area contributed by atoms with Crippen molar-refractivity contribution in [3.63, 3.8) is 0 Å². The number of aromatic carboxylic acids is 1. The molecule has 0 aliphatic carbocycles. The summed E-state index contributed by atoms with van der Waals surface area (Å²) >= 11 is 0. The quantitative estimate of drug-likeness (QED) is 0.829. The van der Waals surface area contributed by atoms with Crippen LogP contribution in [0.15, 0.2) is 18.2 Å². The average Bonchev–Trinajstić information content (AvgIpc) is 2.26. The molecule has 1 N–H and O–H groups in total. The number of halogens is 1. The highest BCUT2D eigenvalue weighted by Crippen LogP contribution is 2.18. The van der Waals surface area contributed by atoms with Crippen molar-refractivity contribution in [3.8, 4) is 5.75 Å². The molecular weight excluding hydrogens is 223 g/mol. The zero-order valence-corrected chi connectivity index (χ0v) is 10.1. The number of carboxylic acids is 1. The van der Waals surface area contributed by atoms with Crippen LogP contribution in [0.3, 0.4) is 0 Å². The minimum Gasteiger partial charge on any atom is -0.493 e. The number of hydrogen-bond acceptors (Lipinski definition) is 2. The lowest BCUT2D eigenvalue weighted by atomic mass is 10.1. The van der Waals surface area contributed by atoms with E-state index in [0.717, 1.165) is 18.9 Å². The SMILES string of the molecule is CCCC(C)COc1ccc(C(=O)O)c(F)c1. The van der Waals surface area contributed by atoms with Gasteiger partial charge in [0.1, 0.15) is 11.6 Å². The van der Waals surface area contributed by atoms with Crippen LogP contribution in [0.5, 0.6) is 5.75 Å². The Morgan fingerprint density at radius 1 is 1.53 bits per heavy atom. The van der Waals surface area contributed by atoms with E-state index in [4.69, 9.17) is 9.84 Å². The van der Waals surface area contributed by atoms with E-state index in [1.54, 1.807) is 0 Å². The summed E-state index contributed by atoms with van der Waals surface area (Å²) in [7, 11) is 0. The fourth-order valence-corrected chi connectivity index (χ4v) is 1.57. The summed E-state index contributed by atoms with van der Waals surface area (Å²) in [6, 6.07) is 3.81. The number of benzene rings is 1. The predicted octanol–water partition coefficient (Wildman–Crippen LogP) is 3.34. The molecule has 0 radical (unpaired) electrons. The zero-order valence-electron chi connectivity index (χ0n) is 10.1. The second kappa shape index (κ2) is 6.23. The summed E-state index contributed by atoms with van der Waals surface area (Å²) in [5.74, 6) is -1.26. The van der Waals surface area contributed by atoms with E-state index >= 15 is 0 Å². The van der Waals surface area contributed by atoms with Gasteiger partial charge in [0.2, 0.25) is 0 Å². The van der Waals surface area contributed by atoms with E-state index < -0.39 is 11.8 Å². The number of carboxylic acid groups (broad SMARTS) is 1. The first-order chi connectivity index (χ1) is 8.04. The molecule has 17 heavy (non-hydrogen) atoms. The third kappa shape index (κ3) is 4.06. The highest BCUT2D eigenvalue weighted by Gasteiger charge is 2.11. The highest BCUT2D eigenvalue weighted by molar-refractivity contribution is 5.88. The molecule has 0 saturated heterocycles. The molecule has 0 fully saturated rings. The van der Waals surface area contributed by atoms with Crippen molar-refractivity contribution in [3.05, 3.63) is 29.6 Å². The van der Waals surface area contributed by atoms with Gasteiger partial charge in [-0.25, -0.2) is 9.18 Å². The van der Waals surface area contributed by atoms with Gasteiger partial charge in [-0.2, -0.15) is 0 Å². The Hall–Kier alpha value is -1.58. The second-order valence-corrected chi connectivity index (χ2v) is 4.15. The molecular formula is C13H17FO3. The average molecular weight is 240 g/mol. The minimum absolute atomic E-state index is 0.334.